The van der Waals surface area contributed by atoms with E-state index in [0.29, 0.717) is 27.0 Å². The van der Waals surface area contributed by atoms with Crippen molar-refractivity contribution in [2.45, 2.75) is 26.2 Å². The molecule has 4 rings (SSSR count). The fraction of sp³-hybridized carbons (Fsp3) is 0.182. The lowest BCUT2D eigenvalue weighted by Gasteiger charge is -2.13. The number of hydrogen-bond acceptors (Lipinski definition) is 4. The van der Waals surface area contributed by atoms with Gasteiger partial charge in [0.25, 0.3) is 5.91 Å². The van der Waals surface area contributed by atoms with E-state index in [1.54, 1.807) is 30.3 Å². The lowest BCUT2D eigenvalue weighted by atomic mass is 9.93. The molecule has 1 heterocycles. The third-order valence-corrected chi connectivity index (χ3v) is 5.42. The second-order valence-corrected chi connectivity index (χ2v) is 7.81. The van der Waals surface area contributed by atoms with Crippen LogP contribution in [-0.2, 0) is 6.42 Å². The molecule has 0 saturated heterocycles. The summed E-state index contributed by atoms with van der Waals surface area (Å²) in [4.78, 5) is 12.8. The minimum atomic E-state index is -0.392. The van der Waals surface area contributed by atoms with Crippen molar-refractivity contribution in [3.63, 3.8) is 0 Å². The first-order chi connectivity index (χ1) is 14.4. The Kier molecular flexibility index (Phi) is 5.79. The van der Waals surface area contributed by atoms with E-state index < -0.39 is 5.91 Å². The van der Waals surface area contributed by atoms with E-state index >= 15 is 0 Å². The van der Waals surface area contributed by atoms with Crippen LogP contribution in [0.2, 0.25) is 10.0 Å². The number of benzene rings is 2. The van der Waals surface area contributed by atoms with Crippen LogP contribution in [0.25, 0.3) is 0 Å². The molecule has 0 fully saturated rings. The molecule has 0 atom stereocenters. The molecule has 0 unspecified atom stereocenters. The van der Waals surface area contributed by atoms with E-state index in [1.165, 1.54) is 12.1 Å². The fourth-order valence-corrected chi connectivity index (χ4v) is 3.88. The minimum Gasteiger partial charge on any atom is -0.455 e. The molecule has 0 bridgehead atoms. The molecular formula is C22H18Cl2FN3O2. The van der Waals surface area contributed by atoms with E-state index in [-0.39, 0.29) is 11.6 Å². The van der Waals surface area contributed by atoms with Gasteiger partial charge in [0.15, 0.2) is 5.76 Å². The van der Waals surface area contributed by atoms with Crippen LogP contribution in [0.5, 0.6) is 0 Å². The normalized spacial score (nSPS) is 14.5. The zero-order valence-electron chi connectivity index (χ0n) is 16.1. The van der Waals surface area contributed by atoms with Gasteiger partial charge in [-0.3, -0.25) is 10.2 Å². The van der Waals surface area contributed by atoms with Crippen LogP contribution in [0.4, 0.5) is 15.8 Å². The third-order valence-electron chi connectivity index (χ3n) is 4.88. The Morgan fingerprint density at radius 3 is 2.63 bits per heavy atom. The van der Waals surface area contributed by atoms with Crippen LogP contribution < -0.4 is 10.7 Å². The first-order valence-corrected chi connectivity index (χ1v) is 10.1. The van der Waals surface area contributed by atoms with Crippen molar-refractivity contribution in [1.82, 2.24) is 0 Å². The highest BCUT2D eigenvalue weighted by Gasteiger charge is 2.28. The summed E-state index contributed by atoms with van der Waals surface area (Å²) in [7, 11) is 0. The topological polar surface area (TPSA) is 66.6 Å². The predicted octanol–water partition coefficient (Wildman–Crippen LogP) is 6.44. The number of amides is 1. The average molecular weight is 446 g/mol. The molecule has 0 saturated carbocycles. The second kappa shape index (κ2) is 8.50. The highest BCUT2D eigenvalue weighted by Crippen LogP contribution is 2.32. The monoisotopic (exact) mass is 445 g/mol. The zero-order chi connectivity index (χ0) is 21.3. The van der Waals surface area contributed by atoms with E-state index in [4.69, 9.17) is 27.6 Å². The van der Waals surface area contributed by atoms with Crippen LogP contribution in [-0.4, -0.2) is 11.6 Å². The van der Waals surface area contributed by atoms with E-state index in [1.807, 2.05) is 6.92 Å². The molecule has 3 aromatic rings. The summed E-state index contributed by atoms with van der Waals surface area (Å²) < 4.78 is 19.0. The average Bonchev–Trinajstić information content (AvgIpc) is 3.07. The SMILES string of the molecule is Cc1c(C(=O)Nc2ccc(Cl)cc2Cl)oc2c1/C(=N/Nc1ccc(F)cc1)CCC2. The molecule has 2 N–H and O–H groups in total. The molecule has 1 aromatic heterocycles. The molecule has 1 amide bonds. The number of anilines is 2. The van der Waals surface area contributed by atoms with Crippen molar-refractivity contribution in [1.29, 1.82) is 0 Å². The van der Waals surface area contributed by atoms with Crippen LogP contribution in [0.15, 0.2) is 52.0 Å². The Labute approximate surface area is 182 Å². The Hall–Kier alpha value is -2.83. The van der Waals surface area contributed by atoms with E-state index in [0.717, 1.165) is 36.3 Å². The fourth-order valence-electron chi connectivity index (χ4n) is 3.42. The molecular weight excluding hydrogens is 428 g/mol. The van der Waals surface area contributed by atoms with Crippen molar-refractivity contribution in [3.05, 3.63) is 81.0 Å². The van der Waals surface area contributed by atoms with Gasteiger partial charge in [0.1, 0.15) is 11.6 Å². The summed E-state index contributed by atoms with van der Waals surface area (Å²) in [6, 6.07) is 10.8. The van der Waals surface area contributed by atoms with Gasteiger partial charge < -0.3 is 9.73 Å². The highest BCUT2D eigenvalue weighted by atomic mass is 35.5. The molecule has 154 valence electrons. The maximum Gasteiger partial charge on any atom is 0.291 e. The van der Waals surface area contributed by atoms with Gasteiger partial charge in [-0.05, 0) is 62.2 Å². The Morgan fingerprint density at radius 1 is 1.13 bits per heavy atom. The molecule has 8 heteroatoms. The van der Waals surface area contributed by atoms with Crippen LogP contribution in [0.3, 0.4) is 0 Å². The summed E-state index contributed by atoms with van der Waals surface area (Å²) in [6.07, 6.45) is 2.32. The number of carbonyl (C=O) groups excluding carboxylic acids is 1. The molecule has 2 aromatic carbocycles. The Morgan fingerprint density at radius 2 is 1.90 bits per heavy atom. The third kappa shape index (κ3) is 4.20. The summed E-state index contributed by atoms with van der Waals surface area (Å²) in [5, 5.41) is 8.08. The number of hydrazone groups is 1. The first kappa shape index (κ1) is 20.4. The smallest absolute Gasteiger partial charge is 0.291 e. The number of fused-ring (bicyclic) bond motifs is 1. The van der Waals surface area contributed by atoms with Crippen LogP contribution >= 0.6 is 23.2 Å². The predicted molar refractivity (Wildman–Crippen MR) is 117 cm³/mol. The molecule has 0 spiro atoms. The van der Waals surface area contributed by atoms with Crippen molar-refractivity contribution in [3.8, 4) is 0 Å². The number of aryl methyl sites for hydroxylation is 1. The number of halogens is 3. The zero-order valence-corrected chi connectivity index (χ0v) is 17.6. The van der Waals surface area contributed by atoms with Crippen molar-refractivity contribution >= 4 is 46.2 Å². The van der Waals surface area contributed by atoms with Gasteiger partial charge in [-0.2, -0.15) is 5.10 Å². The number of nitrogens with zero attached hydrogens (tertiary/aromatic N) is 1. The molecule has 1 aliphatic carbocycles. The summed E-state index contributed by atoms with van der Waals surface area (Å²) in [5.74, 6) is 0.250. The van der Waals surface area contributed by atoms with Crippen LogP contribution in [0.1, 0.15) is 40.3 Å². The van der Waals surface area contributed by atoms with Gasteiger partial charge in [-0.15, -0.1) is 0 Å². The molecule has 5 nitrogen and oxygen atoms in total. The number of rotatable bonds is 4. The van der Waals surface area contributed by atoms with Gasteiger partial charge in [-0.1, -0.05) is 23.2 Å². The molecule has 0 aliphatic heterocycles. The van der Waals surface area contributed by atoms with Gasteiger partial charge in [-0.25, -0.2) is 4.39 Å². The largest absolute Gasteiger partial charge is 0.455 e. The summed E-state index contributed by atoms with van der Waals surface area (Å²) in [5.41, 5.74) is 6.42. The van der Waals surface area contributed by atoms with Gasteiger partial charge >= 0.3 is 0 Å². The quantitative estimate of drug-likeness (QED) is 0.454. The number of hydrogen-bond donors (Lipinski definition) is 2. The summed E-state index contributed by atoms with van der Waals surface area (Å²) in [6.45, 7) is 1.83. The maximum absolute atomic E-state index is 13.1. The first-order valence-electron chi connectivity index (χ1n) is 9.39. The molecule has 0 radical (unpaired) electrons. The lowest BCUT2D eigenvalue weighted by molar-refractivity contribution is 0.0994. The van der Waals surface area contributed by atoms with Crippen molar-refractivity contribution < 1.29 is 13.6 Å². The van der Waals surface area contributed by atoms with Crippen LogP contribution in [0, 0.1) is 12.7 Å². The van der Waals surface area contributed by atoms with Gasteiger partial charge in [0.2, 0.25) is 0 Å². The number of nitrogens with one attached hydrogen (secondary N) is 2. The van der Waals surface area contributed by atoms with Crippen molar-refractivity contribution in [2.75, 3.05) is 10.7 Å². The maximum atomic E-state index is 13.1. The Balaban J connectivity index is 1.59. The van der Waals surface area contributed by atoms with E-state index in [9.17, 15) is 9.18 Å². The van der Waals surface area contributed by atoms with Gasteiger partial charge in [0.05, 0.1) is 22.1 Å². The lowest BCUT2D eigenvalue weighted by Crippen LogP contribution is -2.14. The minimum absolute atomic E-state index is 0.224. The number of furan rings is 1. The molecule has 30 heavy (non-hydrogen) atoms. The summed E-state index contributed by atoms with van der Waals surface area (Å²) >= 11 is 12.1. The molecule has 1 aliphatic rings. The van der Waals surface area contributed by atoms with Crippen molar-refractivity contribution in [2.24, 2.45) is 5.10 Å². The van der Waals surface area contributed by atoms with E-state index in [2.05, 4.69) is 15.8 Å². The van der Waals surface area contributed by atoms with Gasteiger partial charge in [0, 0.05) is 22.6 Å². The highest BCUT2D eigenvalue weighted by molar-refractivity contribution is 6.36. The standard InChI is InChI=1S/C22H18Cl2FN3O2/c1-12-20-18(28-27-15-8-6-14(25)7-9-15)3-2-4-19(20)30-21(12)22(29)26-17-10-5-13(23)11-16(17)24/h5-11,27H,2-4H2,1H3,(H,26,29)/b28-18+. The number of carbonyl (C=O) groups is 1. The second-order valence-electron chi connectivity index (χ2n) is 6.96. The Bertz CT molecular complexity index is 1140.